The molecular weight excluding hydrogens is 316 g/mol. The van der Waals surface area contributed by atoms with Gasteiger partial charge in [-0.25, -0.2) is 4.98 Å². The molecule has 1 atom stereocenters. The van der Waals surface area contributed by atoms with Crippen LogP contribution in [0.15, 0.2) is 30.3 Å². The Morgan fingerprint density at radius 3 is 2.60 bits per heavy atom. The van der Waals surface area contributed by atoms with Crippen molar-refractivity contribution in [3.63, 3.8) is 0 Å². The zero-order valence-corrected chi connectivity index (χ0v) is 15.5. The Labute approximate surface area is 149 Å². The maximum Gasteiger partial charge on any atom is 0.252 e. The van der Waals surface area contributed by atoms with Crippen molar-refractivity contribution in [3.8, 4) is 5.75 Å². The summed E-state index contributed by atoms with van der Waals surface area (Å²) >= 11 is 0. The molecule has 134 valence electrons. The highest BCUT2D eigenvalue weighted by Crippen LogP contribution is 2.28. The van der Waals surface area contributed by atoms with Crippen molar-refractivity contribution >= 4 is 11.7 Å². The standard InChI is InChI=1S/C19H26N4O2/c1-12-10-13(2)22-19(17(12)18(20)24)21-11-15(23(3)4)14-8-6-7-9-16(14)25-5/h6-10,15H,11H2,1-5H3,(H2,20,24)(H,21,22)/t15-/m0/s1. The largest absolute Gasteiger partial charge is 0.496 e. The van der Waals surface area contributed by atoms with E-state index in [2.05, 4.69) is 15.2 Å². The Balaban J connectivity index is 2.33. The van der Waals surface area contributed by atoms with E-state index in [9.17, 15) is 4.79 Å². The number of methoxy groups -OCH3 is 1. The molecule has 1 aromatic carbocycles. The lowest BCUT2D eigenvalue weighted by Crippen LogP contribution is -2.28. The first kappa shape index (κ1) is 18.7. The Bertz CT molecular complexity index is 759. The highest BCUT2D eigenvalue weighted by Gasteiger charge is 2.20. The summed E-state index contributed by atoms with van der Waals surface area (Å²) in [6, 6.07) is 9.80. The quantitative estimate of drug-likeness (QED) is 0.808. The van der Waals surface area contributed by atoms with Crippen molar-refractivity contribution in [1.29, 1.82) is 0 Å². The molecule has 0 aliphatic heterocycles. The number of pyridine rings is 1. The first-order chi connectivity index (χ1) is 11.8. The number of para-hydroxylation sites is 1. The Kier molecular flexibility index (Phi) is 5.98. The molecule has 2 rings (SSSR count). The number of benzene rings is 1. The molecule has 2 aromatic rings. The number of carbonyl (C=O) groups excluding carboxylic acids is 1. The molecule has 0 aliphatic rings. The Morgan fingerprint density at radius 1 is 1.32 bits per heavy atom. The maximum absolute atomic E-state index is 11.8. The molecule has 0 unspecified atom stereocenters. The summed E-state index contributed by atoms with van der Waals surface area (Å²) < 4.78 is 5.48. The predicted molar refractivity (Wildman–Crippen MR) is 100 cm³/mol. The predicted octanol–water partition coefficient (Wildman–Crippen LogP) is 2.52. The number of hydrogen-bond donors (Lipinski definition) is 2. The third-order valence-corrected chi connectivity index (χ3v) is 4.18. The summed E-state index contributed by atoms with van der Waals surface area (Å²) in [5.74, 6) is 0.865. The van der Waals surface area contributed by atoms with Crippen LogP contribution in [0.2, 0.25) is 0 Å². The van der Waals surface area contributed by atoms with Crippen LogP contribution in [0.5, 0.6) is 5.75 Å². The van der Waals surface area contributed by atoms with Gasteiger partial charge in [0.25, 0.3) is 5.91 Å². The van der Waals surface area contributed by atoms with Crippen molar-refractivity contribution in [3.05, 3.63) is 52.7 Å². The first-order valence-electron chi connectivity index (χ1n) is 8.16. The summed E-state index contributed by atoms with van der Waals surface area (Å²) in [4.78, 5) is 18.4. The third kappa shape index (κ3) is 4.28. The van der Waals surface area contributed by atoms with Gasteiger partial charge in [0.1, 0.15) is 11.6 Å². The second kappa shape index (κ2) is 7.98. The van der Waals surface area contributed by atoms with Crippen molar-refractivity contribution in [2.75, 3.05) is 33.1 Å². The van der Waals surface area contributed by atoms with Crippen LogP contribution in [0.25, 0.3) is 0 Å². The van der Waals surface area contributed by atoms with Gasteiger partial charge in [-0.2, -0.15) is 0 Å². The zero-order chi connectivity index (χ0) is 18.6. The number of hydrogen-bond acceptors (Lipinski definition) is 5. The lowest BCUT2D eigenvalue weighted by atomic mass is 10.0. The van der Waals surface area contributed by atoms with Gasteiger partial charge in [0.2, 0.25) is 0 Å². The van der Waals surface area contributed by atoms with Gasteiger partial charge in [0.15, 0.2) is 0 Å². The van der Waals surface area contributed by atoms with Crippen molar-refractivity contribution in [1.82, 2.24) is 9.88 Å². The lowest BCUT2D eigenvalue weighted by Gasteiger charge is -2.27. The molecule has 1 heterocycles. The lowest BCUT2D eigenvalue weighted by molar-refractivity contribution is 0.1000. The minimum Gasteiger partial charge on any atom is -0.496 e. The minimum absolute atomic E-state index is 0.0412. The molecule has 0 aliphatic carbocycles. The van der Waals surface area contributed by atoms with E-state index < -0.39 is 5.91 Å². The molecule has 6 nitrogen and oxygen atoms in total. The van der Waals surface area contributed by atoms with E-state index >= 15 is 0 Å². The van der Waals surface area contributed by atoms with Crippen LogP contribution < -0.4 is 15.8 Å². The smallest absolute Gasteiger partial charge is 0.252 e. The number of likely N-dealkylation sites (N-methyl/N-ethyl adjacent to an activating group) is 1. The molecule has 0 fully saturated rings. The monoisotopic (exact) mass is 342 g/mol. The van der Waals surface area contributed by atoms with E-state index in [0.717, 1.165) is 22.6 Å². The maximum atomic E-state index is 11.8. The second-order valence-electron chi connectivity index (χ2n) is 6.27. The molecule has 25 heavy (non-hydrogen) atoms. The molecule has 6 heteroatoms. The number of anilines is 1. The van der Waals surface area contributed by atoms with Gasteiger partial charge in [-0.15, -0.1) is 0 Å². The van der Waals surface area contributed by atoms with Crippen LogP contribution >= 0.6 is 0 Å². The number of ether oxygens (including phenoxy) is 1. The number of amides is 1. The average molecular weight is 342 g/mol. The van der Waals surface area contributed by atoms with Crippen molar-refractivity contribution in [2.45, 2.75) is 19.9 Å². The number of rotatable bonds is 7. The van der Waals surface area contributed by atoms with Gasteiger partial charge in [-0.05, 0) is 45.6 Å². The highest BCUT2D eigenvalue weighted by molar-refractivity contribution is 5.99. The van der Waals surface area contributed by atoms with Crippen molar-refractivity contribution in [2.24, 2.45) is 5.73 Å². The summed E-state index contributed by atoms with van der Waals surface area (Å²) in [5, 5.41) is 3.30. The third-order valence-electron chi connectivity index (χ3n) is 4.18. The van der Waals surface area contributed by atoms with E-state index in [4.69, 9.17) is 10.5 Å². The summed E-state index contributed by atoms with van der Waals surface area (Å²) in [6.45, 7) is 4.32. The molecule has 3 N–H and O–H groups in total. The van der Waals surface area contributed by atoms with Crippen LogP contribution in [-0.4, -0.2) is 43.5 Å². The van der Waals surface area contributed by atoms with Gasteiger partial charge in [-0.1, -0.05) is 18.2 Å². The molecule has 0 radical (unpaired) electrons. The topological polar surface area (TPSA) is 80.5 Å². The van der Waals surface area contributed by atoms with Crippen LogP contribution in [-0.2, 0) is 0 Å². The summed E-state index contributed by atoms with van der Waals surface area (Å²) in [5.41, 5.74) is 8.69. The number of primary amides is 1. The summed E-state index contributed by atoms with van der Waals surface area (Å²) in [6.07, 6.45) is 0. The van der Waals surface area contributed by atoms with E-state index in [0.29, 0.717) is 17.9 Å². The molecule has 1 amide bonds. The number of aromatic nitrogens is 1. The highest BCUT2D eigenvalue weighted by atomic mass is 16.5. The molecule has 0 bridgehead atoms. The molecule has 0 saturated carbocycles. The number of nitrogens with two attached hydrogens (primary N) is 1. The molecule has 1 aromatic heterocycles. The number of nitrogens with one attached hydrogen (secondary N) is 1. The average Bonchev–Trinajstić information content (AvgIpc) is 2.54. The van der Waals surface area contributed by atoms with Crippen LogP contribution in [0.1, 0.15) is 33.2 Å². The van der Waals surface area contributed by atoms with Crippen LogP contribution in [0.4, 0.5) is 5.82 Å². The normalized spacial score (nSPS) is 12.1. The fourth-order valence-corrected chi connectivity index (χ4v) is 2.98. The molecular formula is C19H26N4O2. The SMILES string of the molecule is COc1ccccc1[C@H](CNc1nc(C)cc(C)c1C(N)=O)N(C)C. The fourth-order valence-electron chi connectivity index (χ4n) is 2.98. The number of carbonyl (C=O) groups is 1. The van der Waals surface area contributed by atoms with Gasteiger partial charge in [0, 0.05) is 17.8 Å². The Hall–Kier alpha value is -2.60. The molecule has 0 spiro atoms. The van der Waals surface area contributed by atoms with Crippen LogP contribution in [0, 0.1) is 13.8 Å². The molecule has 0 saturated heterocycles. The van der Waals surface area contributed by atoms with Gasteiger partial charge < -0.3 is 20.7 Å². The van der Waals surface area contributed by atoms with E-state index in [-0.39, 0.29) is 6.04 Å². The Morgan fingerprint density at radius 2 is 2.00 bits per heavy atom. The fraction of sp³-hybridized carbons (Fsp3) is 0.368. The van der Waals surface area contributed by atoms with Gasteiger partial charge >= 0.3 is 0 Å². The van der Waals surface area contributed by atoms with Gasteiger partial charge in [0.05, 0.1) is 18.7 Å². The second-order valence-corrected chi connectivity index (χ2v) is 6.27. The van der Waals surface area contributed by atoms with Gasteiger partial charge in [-0.3, -0.25) is 4.79 Å². The minimum atomic E-state index is -0.480. The first-order valence-corrected chi connectivity index (χ1v) is 8.16. The van der Waals surface area contributed by atoms with E-state index in [1.807, 2.05) is 58.3 Å². The zero-order valence-electron chi connectivity index (χ0n) is 15.5. The number of aryl methyl sites for hydroxylation is 2. The summed E-state index contributed by atoms with van der Waals surface area (Å²) in [7, 11) is 5.67. The van der Waals surface area contributed by atoms with Crippen LogP contribution in [0.3, 0.4) is 0 Å². The van der Waals surface area contributed by atoms with E-state index in [1.54, 1.807) is 7.11 Å². The van der Waals surface area contributed by atoms with E-state index in [1.165, 1.54) is 0 Å². The van der Waals surface area contributed by atoms with Crippen molar-refractivity contribution < 1.29 is 9.53 Å². The number of nitrogens with zero attached hydrogens (tertiary/aromatic N) is 2.